The van der Waals surface area contributed by atoms with Crippen molar-refractivity contribution in [1.29, 1.82) is 0 Å². The molecule has 0 heterocycles. The van der Waals surface area contributed by atoms with Crippen LogP contribution in [0.15, 0.2) is 24.3 Å². The van der Waals surface area contributed by atoms with Gasteiger partial charge in [0, 0.05) is 39.3 Å². The Labute approximate surface area is 177 Å². The van der Waals surface area contributed by atoms with E-state index in [1.807, 2.05) is 52.8 Å². The number of ether oxygens (including phenoxy) is 1. The molecule has 0 atom stereocenters. The van der Waals surface area contributed by atoms with Gasteiger partial charge in [0.1, 0.15) is 11.5 Å². The molecule has 2 rings (SSSR count). The maximum atomic E-state index is 12.1. The standard InChI is InChI=1S/C21H26O3.ClH.Ti/c1-6-7-8-19(23)24-18-12-10-14(3)16(5)21(18)20-15(4)13(2)9-11-17(20)22;;/h9-12,22H,6-8H2,1-5H3;1H;. The molecule has 2 aromatic rings. The average Bonchev–Trinajstić information content (AvgIpc) is 2.55. The third-order valence-corrected chi connectivity index (χ3v) is 4.62. The van der Waals surface area contributed by atoms with Crippen molar-refractivity contribution in [3.8, 4) is 22.6 Å². The third kappa shape index (κ3) is 5.36. The van der Waals surface area contributed by atoms with Gasteiger partial charge in [0.2, 0.25) is 0 Å². The molecule has 0 fully saturated rings. The number of unbranched alkanes of at least 4 members (excludes halogenated alkanes) is 1. The maximum Gasteiger partial charge on any atom is 0.311 e. The molecule has 0 saturated heterocycles. The summed E-state index contributed by atoms with van der Waals surface area (Å²) < 4.78 is 5.64. The zero-order valence-corrected chi connectivity index (χ0v) is 18.5. The van der Waals surface area contributed by atoms with E-state index in [1.54, 1.807) is 6.07 Å². The predicted molar refractivity (Wildman–Crippen MR) is 105 cm³/mol. The van der Waals surface area contributed by atoms with Gasteiger partial charge in [-0.25, -0.2) is 0 Å². The topological polar surface area (TPSA) is 46.5 Å². The van der Waals surface area contributed by atoms with E-state index in [0.717, 1.165) is 46.2 Å². The summed E-state index contributed by atoms with van der Waals surface area (Å²) in [5, 5.41) is 10.4. The molecule has 0 spiro atoms. The average molecular weight is 411 g/mol. The van der Waals surface area contributed by atoms with Gasteiger partial charge in [0.25, 0.3) is 0 Å². The molecule has 0 bridgehead atoms. The van der Waals surface area contributed by atoms with Crippen LogP contribution in [-0.2, 0) is 26.5 Å². The fourth-order valence-corrected chi connectivity index (χ4v) is 2.80. The van der Waals surface area contributed by atoms with Crippen LogP contribution in [-0.4, -0.2) is 11.1 Å². The fourth-order valence-electron chi connectivity index (χ4n) is 2.80. The van der Waals surface area contributed by atoms with E-state index in [0.29, 0.717) is 12.2 Å². The summed E-state index contributed by atoms with van der Waals surface area (Å²) in [7, 11) is 0. The number of phenols is 1. The molecule has 0 aliphatic carbocycles. The predicted octanol–water partition coefficient (Wildman–Crippen LogP) is 5.81. The first-order valence-electron chi connectivity index (χ1n) is 8.47. The second-order valence-corrected chi connectivity index (χ2v) is 6.36. The molecule has 2 aromatic carbocycles. The Balaban J connectivity index is 0.00000312. The number of phenolic OH excluding ortho intramolecular Hbond substituents is 1. The van der Waals surface area contributed by atoms with Crippen molar-refractivity contribution in [2.45, 2.75) is 53.9 Å². The minimum atomic E-state index is -0.230. The van der Waals surface area contributed by atoms with Gasteiger partial charge in [0.15, 0.2) is 0 Å². The van der Waals surface area contributed by atoms with E-state index >= 15 is 0 Å². The first kappa shape index (κ1) is 24.7. The van der Waals surface area contributed by atoms with Gasteiger partial charge in [-0.05, 0) is 68.5 Å². The molecular weight excluding hydrogens is 384 g/mol. The number of hydrogen-bond acceptors (Lipinski definition) is 3. The van der Waals surface area contributed by atoms with Gasteiger partial charge in [-0.2, -0.15) is 0 Å². The molecular formula is C21H27ClO3Ti. The minimum absolute atomic E-state index is 0. The summed E-state index contributed by atoms with van der Waals surface area (Å²) in [6, 6.07) is 7.36. The number of carbonyl (C=O) groups excluding carboxylic acids is 1. The second kappa shape index (κ2) is 10.8. The van der Waals surface area contributed by atoms with E-state index in [9.17, 15) is 9.90 Å². The van der Waals surface area contributed by atoms with Crippen LogP contribution in [0, 0.1) is 27.7 Å². The van der Waals surface area contributed by atoms with Crippen molar-refractivity contribution in [1.82, 2.24) is 0 Å². The summed E-state index contributed by atoms with van der Waals surface area (Å²) in [4.78, 5) is 12.1. The number of aryl methyl sites for hydroxylation is 2. The number of carbonyl (C=O) groups is 1. The Morgan fingerprint density at radius 3 is 2.08 bits per heavy atom. The van der Waals surface area contributed by atoms with Crippen LogP contribution in [0.25, 0.3) is 11.1 Å². The smallest absolute Gasteiger partial charge is 0.311 e. The molecule has 0 aliphatic rings. The Kier molecular flexibility index (Phi) is 10.2. The summed E-state index contributed by atoms with van der Waals surface area (Å²) in [5.74, 6) is 0.493. The van der Waals surface area contributed by atoms with E-state index in [1.165, 1.54) is 0 Å². The zero-order valence-electron chi connectivity index (χ0n) is 16.1. The molecule has 0 amide bonds. The van der Waals surface area contributed by atoms with Crippen LogP contribution in [0.2, 0.25) is 0 Å². The molecule has 0 unspecified atom stereocenters. The van der Waals surface area contributed by atoms with Gasteiger partial charge in [-0.15, -0.1) is 12.4 Å². The molecule has 0 aliphatic heterocycles. The number of rotatable bonds is 5. The molecule has 26 heavy (non-hydrogen) atoms. The maximum absolute atomic E-state index is 12.1. The van der Waals surface area contributed by atoms with E-state index in [2.05, 4.69) is 0 Å². The van der Waals surface area contributed by atoms with Crippen molar-refractivity contribution in [2.75, 3.05) is 0 Å². The monoisotopic (exact) mass is 410 g/mol. The Hall–Kier alpha value is -1.29. The molecule has 0 aromatic heterocycles. The number of esters is 1. The summed E-state index contributed by atoms with van der Waals surface area (Å²) in [6.45, 7) is 10.0. The van der Waals surface area contributed by atoms with E-state index in [-0.39, 0.29) is 45.8 Å². The van der Waals surface area contributed by atoms with Crippen LogP contribution in [0.4, 0.5) is 0 Å². The number of hydrogen-bond donors (Lipinski definition) is 1. The van der Waals surface area contributed by atoms with Crippen molar-refractivity contribution in [3.63, 3.8) is 0 Å². The van der Waals surface area contributed by atoms with Gasteiger partial charge in [-0.1, -0.05) is 25.5 Å². The SMILES string of the molecule is CCCCC(=O)Oc1ccc(C)c(C)c1-c1c(O)ccc(C)c1C.Cl.[Ti]. The van der Waals surface area contributed by atoms with Crippen molar-refractivity contribution >= 4 is 18.4 Å². The number of halogens is 1. The molecule has 3 nitrogen and oxygen atoms in total. The largest absolute Gasteiger partial charge is 0.507 e. The van der Waals surface area contributed by atoms with E-state index < -0.39 is 0 Å². The number of benzene rings is 2. The van der Waals surface area contributed by atoms with Crippen molar-refractivity contribution < 1.29 is 36.4 Å². The van der Waals surface area contributed by atoms with Crippen LogP contribution in [0.5, 0.6) is 11.5 Å². The molecule has 140 valence electrons. The fraction of sp³-hybridized carbons (Fsp3) is 0.381. The zero-order chi connectivity index (χ0) is 17.9. The minimum Gasteiger partial charge on any atom is -0.507 e. The van der Waals surface area contributed by atoms with Crippen LogP contribution in [0.1, 0.15) is 48.4 Å². The first-order chi connectivity index (χ1) is 11.4. The van der Waals surface area contributed by atoms with Gasteiger partial charge in [0.05, 0.1) is 0 Å². The second-order valence-electron chi connectivity index (χ2n) is 6.36. The van der Waals surface area contributed by atoms with E-state index in [4.69, 9.17) is 4.74 Å². The summed E-state index contributed by atoms with van der Waals surface area (Å²) in [6.07, 6.45) is 2.17. The molecule has 0 saturated carbocycles. The quantitative estimate of drug-likeness (QED) is 0.384. The molecule has 5 heteroatoms. The van der Waals surface area contributed by atoms with Gasteiger partial charge in [-0.3, -0.25) is 4.79 Å². The Morgan fingerprint density at radius 1 is 0.962 bits per heavy atom. The van der Waals surface area contributed by atoms with Gasteiger partial charge < -0.3 is 9.84 Å². The summed E-state index contributed by atoms with van der Waals surface area (Å²) >= 11 is 0. The van der Waals surface area contributed by atoms with Crippen molar-refractivity contribution in [2.24, 2.45) is 0 Å². The Bertz CT molecular complexity index is 772. The first-order valence-corrected chi connectivity index (χ1v) is 8.47. The molecule has 1 N–H and O–H groups in total. The van der Waals surface area contributed by atoms with Crippen LogP contribution < -0.4 is 4.74 Å². The summed E-state index contributed by atoms with van der Waals surface area (Å²) in [5.41, 5.74) is 5.74. The third-order valence-electron chi connectivity index (χ3n) is 4.62. The Morgan fingerprint density at radius 2 is 1.50 bits per heavy atom. The van der Waals surface area contributed by atoms with Gasteiger partial charge >= 0.3 is 5.97 Å². The van der Waals surface area contributed by atoms with Crippen LogP contribution in [0.3, 0.4) is 0 Å². The number of aromatic hydroxyl groups is 1. The van der Waals surface area contributed by atoms with Crippen LogP contribution >= 0.6 is 12.4 Å². The van der Waals surface area contributed by atoms with Crippen molar-refractivity contribution in [3.05, 3.63) is 46.5 Å². The molecule has 0 radical (unpaired) electrons. The normalized spacial score (nSPS) is 9.88.